The first kappa shape index (κ1) is 14.8. The number of fused-ring (bicyclic) bond motifs is 1. The average molecular weight is 292 g/mol. The van der Waals surface area contributed by atoms with Gasteiger partial charge in [0, 0.05) is 23.5 Å². The van der Waals surface area contributed by atoms with E-state index >= 15 is 0 Å². The minimum atomic E-state index is -0.344. The lowest BCUT2D eigenvalue weighted by molar-refractivity contribution is -0.119. The fraction of sp³-hybridized carbons (Fsp3) is 0.333. The van der Waals surface area contributed by atoms with Crippen molar-refractivity contribution in [3.63, 3.8) is 0 Å². The van der Waals surface area contributed by atoms with Gasteiger partial charge in [0.05, 0.1) is 12.1 Å². The molecule has 0 atom stereocenters. The van der Waals surface area contributed by atoms with Crippen LogP contribution in [-0.2, 0) is 11.3 Å². The van der Waals surface area contributed by atoms with Crippen molar-refractivity contribution in [2.75, 3.05) is 6.54 Å². The second-order valence-electron chi connectivity index (χ2n) is 5.10. The number of carbonyl (C=O) groups excluding carboxylic acids is 1. The van der Waals surface area contributed by atoms with Crippen LogP contribution in [-0.4, -0.2) is 28.4 Å². The second-order valence-corrected chi connectivity index (χ2v) is 5.45. The molecule has 0 aliphatic heterocycles. The zero-order chi connectivity index (χ0) is 14.7. The van der Waals surface area contributed by atoms with Gasteiger partial charge in [-0.1, -0.05) is 29.8 Å². The first-order chi connectivity index (χ1) is 9.47. The third-order valence-electron chi connectivity index (χ3n) is 3.21. The number of benzene rings is 1. The van der Waals surface area contributed by atoms with Crippen LogP contribution in [0.3, 0.4) is 0 Å². The Balaban J connectivity index is 2.31. The average Bonchev–Trinajstić information content (AvgIpc) is 2.38. The van der Waals surface area contributed by atoms with Crippen LogP contribution in [0.1, 0.15) is 19.4 Å². The molecule has 1 heterocycles. The summed E-state index contributed by atoms with van der Waals surface area (Å²) in [6.45, 7) is 4.80. The molecule has 2 aromatic rings. The van der Waals surface area contributed by atoms with E-state index in [0.29, 0.717) is 11.7 Å². The molecule has 5 heteroatoms. The first-order valence-electron chi connectivity index (χ1n) is 6.54. The molecule has 2 N–H and O–H groups in total. The van der Waals surface area contributed by atoms with Gasteiger partial charge in [-0.15, -0.1) is 0 Å². The van der Waals surface area contributed by atoms with E-state index < -0.39 is 0 Å². The maximum atomic E-state index is 11.1. The Kier molecular flexibility index (Phi) is 4.57. The lowest BCUT2D eigenvalue weighted by Gasteiger charge is -2.25. The van der Waals surface area contributed by atoms with E-state index in [0.717, 1.165) is 16.5 Å². The molecule has 0 saturated heterocycles. The molecule has 1 aromatic carbocycles. The number of hydrogen-bond donors (Lipinski definition) is 1. The summed E-state index contributed by atoms with van der Waals surface area (Å²) in [5.74, 6) is -0.344. The molecule has 1 amide bonds. The molecule has 0 radical (unpaired) electrons. The van der Waals surface area contributed by atoms with E-state index in [1.54, 1.807) is 0 Å². The van der Waals surface area contributed by atoms with Crippen molar-refractivity contribution >= 4 is 28.4 Å². The topological polar surface area (TPSA) is 59.2 Å². The molecule has 0 unspecified atom stereocenters. The summed E-state index contributed by atoms with van der Waals surface area (Å²) < 4.78 is 0. The fourth-order valence-electron chi connectivity index (χ4n) is 2.09. The van der Waals surface area contributed by atoms with E-state index in [4.69, 9.17) is 17.3 Å². The first-order valence-corrected chi connectivity index (χ1v) is 6.91. The largest absolute Gasteiger partial charge is 0.369 e. The van der Waals surface area contributed by atoms with Gasteiger partial charge in [0.2, 0.25) is 5.91 Å². The van der Waals surface area contributed by atoms with Crippen LogP contribution >= 0.6 is 11.6 Å². The van der Waals surface area contributed by atoms with Crippen molar-refractivity contribution in [2.45, 2.75) is 26.4 Å². The van der Waals surface area contributed by atoms with Gasteiger partial charge in [-0.05, 0) is 26.0 Å². The van der Waals surface area contributed by atoms with Crippen molar-refractivity contribution in [2.24, 2.45) is 5.73 Å². The number of para-hydroxylation sites is 1. The molecule has 0 aliphatic carbocycles. The number of nitrogens with zero attached hydrogens (tertiary/aromatic N) is 2. The summed E-state index contributed by atoms with van der Waals surface area (Å²) in [6, 6.07) is 10.0. The van der Waals surface area contributed by atoms with Gasteiger partial charge in [0.25, 0.3) is 0 Å². The summed E-state index contributed by atoms with van der Waals surface area (Å²) in [7, 11) is 0. The number of carbonyl (C=O) groups is 1. The van der Waals surface area contributed by atoms with Gasteiger partial charge in [0.1, 0.15) is 5.15 Å². The SMILES string of the molecule is CC(C)N(CC(N)=O)Cc1cc2ccccc2nc1Cl. The molecule has 0 fully saturated rings. The molecular weight excluding hydrogens is 274 g/mol. The summed E-state index contributed by atoms with van der Waals surface area (Å²) in [5, 5.41) is 1.51. The van der Waals surface area contributed by atoms with Crippen LogP contribution in [0.5, 0.6) is 0 Å². The van der Waals surface area contributed by atoms with E-state index in [2.05, 4.69) is 4.98 Å². The number of primary amides is 1. The van der Waals surface area contributed by atoms with Gasteiger partial charge < -0.3 is 5.73 Å². The van der Waals surface area contributed by atoms with Gasteiger partial charge >= 0.3 is 0 Å². The fourth-order valence-corrected chi connectivity index (χ4v) is 2.29. The van der Waals surface area contributed by atoms with Gasteiger partial charge in [-0.2, -0.15) is 0 Å². The Bertz CT molecular complexity index is 628. The third kappa shape index (κ3) is 3.46. The van der Waals surface area contributed by atoms with Crippen molar-refractivity contribution in [3.8, 4) is 0 Å². The molecule has 1 aromatic heterocycles. The summed E-state index contributed by atoms with van der Waals surface area (Å²) >= 11 is 6.23. The van der Waals surface area contributed by atoms with E-state index in [-0.39, 0.29) is 18.5 Å². The minimum absolute atomic E-state index is 0.199. The van der Waals surface area contributed by atoms with E-state index in [9.17, 15) is 4.79 Å². The highest BCUT2D eigenvalue weighted by Crippen LogP contribution is 2.22. The Morgan fingerprint density at radius 3 is 2.75 bits per heavy atom. The number of halogens is 1. The monoisotopic (exact) mass is 291 g/mol. The highest BCUT2D eigenvalue weighted by Gasteiger charge is 2.15. The van der Waals surface area contributed by atoms with Crippen LogP contribution in [0.4, 0.5) is 0 Å². The predicted octanol–water partition coefficient (Wildman–Crippen LogP) is 2.58. The number of pyridine rings is 1. The highest BCUT2D eigenvalue weighted by atomic mass is 35.5. The number of amides is 1. The molecule has 106 valence electrons. The van der Waals surface area contributed by atoms with Crippen LogP contribution in [0.2, 0.25) is 5.15 Å². The minimum Gasteiger partial charge on any atom is -0.369 e. The van der Waals surface area contributed by atoms with Crippen molar-refractivity contribution in [3.05, 3.63) is 41.0 Å². The van der Waals surface area contributed by atoms with Crippen molar-refractivity contribution in [1.82, 2.24) is 9.88 Å². The second kappa shape index (κ2) is 6.20. The molecule has 0 aliphatic rings. The standard InChI is InChI=1S/C15H18ClN3O/c1-10(2)19(9-14(17)20)8-12-7-11-5-3-4-6-13(11)18-15(12)16/h3-7,10H,8-9H2,1-2H3,(H2,17,20). The molecule has 20 heavy (non-hydrogen) atoms. The zero-order valence-electron chi connectivity index (χ0n) is 11.6. The van der Waals surface area contributed by atoms with Gasteiger partial charge in [-0.25, -0.2) is 4.98 Å². The van der Waals surface area contributed by atoms with Gasteiger partial charge in [-0.3, -0.25) is 9.69 Å². The quantitative estimate of drug-likeness (QED) is 0.862. The van der Waals surface area contributed by atoms with Crippen molar-refractivity contribution < 1.29 is 4.79 Å². The molecule has 0 spiro atoms. The molecule has 0 bridgehead atoms. The van der Waals surface area contributed by atoms with Crippen LogP contribution in [0.25, 0.3) is 10.9 Å². The lowest BCUT2D eigenvalue weighted by atomic mass is 10.1. The van der Waals surface area contributed by atoms with Crippen LogP contribution in [0.15, 0.2) is 30.3 Å². The van der Waals surface area contributed by atoms with Gasteiger partial charge in [0.15, 0.2) is 0 Å². The predicted molar refractivity (Wildman–Crippen MR) is 81.5 cm³/mol. The Labute approximate surface area is 123 Å². The number of aromatic nitrogens is 1. The normalized spacial score (nSPS) is 11.4. The number of nitrogens with two attached hydrogens (primary N) is 1. The maximum Gasteiger partial charge on any atom is 0.231 e. The number of rotatable bonds is 5. The smallest absolute Gasteiger partial charge is 0.231 e. The van der Waals surface area contributed by atoms with Crippen LogP contribution < -0.4 is 5.73 Å². The highest BCUT2D eigenvalue weighted by molar-refractivity contribution is 6.30. The molecular formula is C15H18ClN3O. The Hall–Kier alpha value is -1.65. The van der Waals surface area contributed by atoms with Crippen molar-refractivity contribution in [1.29, 1.82) is 0 Å². The lowest BCUT2D eigenvalue weighted by Crippen LogP contribution is -2.38. The summed E-state index contributed by atoms with van der Waals surface area (Å²) in [4.78, 5) is 17.5. The Morgan fingerprint density at radius 2 is 2.10 bits per heavy atom. The maximum absolute atomic E-state index is 11.1. The van der Waals surface area contributed by atoms with E-state index in [1.165, 1.54) is 0 Å². The Morgan fingerprint density at radius 1 is 1.40 bits per heavy atom. The zero-order valence-corrected chi connectivity index (χ0v) is 12.4. The molecule has 4 nitrogen and oxygen atoms in total. The van der Waals surface area contributed by atoms with Crippen LogP contribution in [0, 0.1) is 0 Å². The summed E-state index contributed by atoms with van der Waals surface area (Å²) in [5.41, 5.74) is 7.06. The van der Waals surface area contributed by atoms with E-state index in [1.807, 2.05) is 49.1 Å². The summed E-state index contributed by atoms with van der Waals surface area (Å²) in [6.07, 6.45) is 0. The number of hydrogen-bond acceptors (Lipinski definition) is 3. The molecule has 0 saturated carbocycles. The molecule has 2 rings (SSSR count). The third-order valence-corrected chi connectivity index (χ3v) is 3.54.